The predicted molar refractivity (Wildman–Crippen MR) is 59.9 cm³/mol. The molecular formula is C10H16N2O2S. The molecule has 0 saturated heterocycles. The van der Waals surface area contributed by atoms with Crippen molar-refractivity contribution in [3.05, 3.63) is 16.6 Å². The van der Waals surface area contributed by atoms with Gasteiger partial charge in [0.1, 0.15) is 0 Å². The third-order valence-electron chi connectivity index (χ3n) is 2.03. The van der Waals surface area contributed by atoms with Gasteiger partial charge in [0.25, 0.3) is 0 Å². The Balaban J connectivity index is 1.87. The number of hydrogen-bond donors (Lipinski definition) is 2. The summed E-state index contributed by atoms with van der Waals surface area (Å²) < 4.78 is 0. The zero-order valence-electron chi connectivity index (χ0n) is 8.61. The normalized spacial score (nSPS) is 10.4. The van der Waals surface area contributed by atoms with Crippen LogP contribution in [0.3, 0.4) is 0 Å². The van der Waals surface area contributed by atoms with Crippen molar-refractivity contribution < 1.29 is 9.90 Å². The number of unbranched alkanes of at least 4 members (excludes halogenated alkanes) is 2. The Morgan fingerprint density at radius 2 is 2.33 bits per heavy atom. The smallest absolute Gasteiger partial charge is 0.303 e. The molecule has 0 saturated carbocycles. The van der Waals surface area contributed by atoms with Crippen molar-refractivity contribution in [2.75, 3.05) is 6.54 Å². The van der Waals surface area contributed by atoms with Gasteiger partial charge in [-0.05, 0) is 19.4 Å². The largest absolute Gasteiger partial charge is 0.481 e. The summed E-state index contributed by atoms with van der Waals surface area (Å²) in [6.07, 6.45) is 4.93. The summed E-state index contributed by atoms with van der Waals surface area (Å²) in [6.45, 7) is 1.81. The third kappa shape index (κ3) is 6.19. The Labute approximate surface area is 93.4 Å². The van der Waals surface area contributed by atoms with E-state index in [0.29, 0.717) is 0 Å². The number of aromatic nitrogens is 1. The van der Waals surface area contributed by atoms with Gasteiger partial charge in [-0.1, -0.05) is 6.42 Å². The molecule has 0 amide bonds. The minimum absolute atomic E-state index is 0.287. The summed E-state index contributed by atoms with van der Waals surface area (Å²) in [5.74, 6) is -0.701. The Hall–Kier alpha value is -0.940. The van der Waals surface area contributed by atoms with Gasteiger partial charge >= 0.3 is 5.97 Å². The maximum absolute atomic E-state index is 10.2. The number of aliphatic carboxylic acids is 1. The van der Waals surface area contributed by atoms with Crippen LogP contribution < -0.4 is 5.32 Å². The number of carboxylic acid groups (broad SMARTS) is 1. The highest BCUT2D eigenvalue weighted by Crippen LogP contribution is 2.04. The number of nitrogens with zero attached hydrogens (tertiary/aromatic N) is 1. The predicted octanol–water partition coefficient (Wildman–Crippen LogP) is 1.88. The molecule has 0 unspecified atom stereocenters. The number of carboxylic acids is 1. The van der Waals surface area contributed by atoms with Gasteiger partial charge in [-0.3, -0.25) is 9.78 Å². The second-order valence-electron chi connectivity index (χ2n) is 3.35. The van der Waals surface area contributed by atoms with Crippen molar-refractivity contribution in [1.29, 1.82) is 0 Å². The van der Waals surface area contributed by atoms with Crippen molar-refractivity contribution in [3.8, 4) is 0 Å². The standard InChI is InChI=1S/C10H16N2O2S/c13-10(14)4-2-1-3-5-11-6-9-7-12-8-15-9/h7-8,11H,1-6H2,(H,13,14). The van der Waals surface area contributed by atoms with Crippen LogP contribution in [0.2, 0.25) is 0 Å². The Morgan fingerprint density at radius 1 is 1.47 bits per heavy atom. The molecule has 5 heteroatoms. The van der Waals surface area contributed by atoms with Gasteiger partial charge in [-0.15, -0.1) is 11.3 Å². The molecule has 15 heavy (non-hydrogen) atoms. The van der Waals surface area contributed by atoms with E-state index in [2.05, 4.69) is 10.3 Å². The van der Waals surface area contributed by atoms with E-state index in [9.17, 15) is 4.79 Å². The molecule has 0 aromatic carbocycles. The lowest BCUT2D eigenvalue weighted by molar-refractivity contribution is -0.137. The highest BCUT2D eigenvalue weighted by molar-refractivity contribution is 7.09. The monoisotopic (exact) mass is 228 g/mol. The average molecular weight is 228 g/mol. The van der Waals surface area contributed by atoms with Crippen LogP contribution in [0.4, 0.5) is 0 Å². The molecule has 84 valence electrons. The van der Waals surface area contributed by atoms with Gasteiger partial charge in [0, 0.05) is 24.0 Å². The van der Waals surface area contributed by atoms with Gasteiger partial charge in [-0.25, -0.2) is 0 Å². The lowest BCUT2D eigenvalue weighted by Gasteiger charge is -2.01. The number of hydrogen-bond acceptors (Lipinski definition) is 4. The summed E-state index contributed by atoms with van der Waals surface area (Å²) in [6, 6.07) is 0. The highest BCUT2D eigenvalue weighted by Gasteiger charge is 1.96. The van der Waals surface area contributed by atoms with E-state index in [1.807, 2.05) is 11.7 Å². The zero-order valence-corrected chi connectivity index (χ0v) is 9.42. The first-order chi connectivity index (χ1) is 7.29. The molecule has 2 N–H and O–H groups in total. The van der Waals surface area contributed by atoms with Crippen molar-refractivity contribution in [2.45, 2.75) is 32.2 Å². The number of rotatable bonds is 8. The minimum Gasteiger partial charge on any atom is -0.481 e. The van der Waals surface area contributed by atoms with Crippen LogP contribution in [-0.4, -0.2) is 22.6 Å². The molecule has 4 nitrogen and oxygen atoms in total. The molecule has 0 fully saturated rings. The van der Waals surface area contributed by atoms with E-state index < -0.39 is 5.97 Å². The fourth-order valence-electron chi connectivity index (χ4n) is 1.24. The fraction of sp³-hybridized carbons (Fsp3) is 0.600. The second kappa shape index (κ2) is 7.36. The summed E-state index contributed by atoms with van der Waals surface area (Å²) in [5, 5.41) is 11.7. The summed E-state index contributed by atoms with van der Waals surface area (Å²) in [7, 11) is 0. The lowest BCUT2D eigenvalue weighted by Crippen LogP contribution is -2.13. The van der Waals surface area contributed by atoms with E-state index in [-0.39, 0.29) is 6.42 Å². The average Bonchev–Trinajstić information content (AvgIpc) is 2.68. The molecule has 1 aromatic heterocycles. The summed E-state index contributed by atoms with van der Waals surface area (Å²) in [5.41, 5.74) is 1.82. The highest BCUT2D eigenvalue weighted by atomic mass is 32.1. The maximum atomic E-state index is 10.2. The Morgan fingerprint density at radius 3 is 3.00 bits per heavy atom. The van der Waals surface area contributed by atoms with E-state index in [0.717, 1.165) is 32.4 Å². The van der Waals surface area contributed by atoms with E-state index in [4.69, 9.17) is 5.11 Å². The van der Waals surface area contributed by atoms with Crippen molar-refractivity contribution in [3.63, 3.8) is 0 Å². The van der Waals surface area contributed by atoms with Gasteiger partial charge < -0.3 is 10.4 Å². The molecule has 0 radical (unpaired) electrons. The van der Waals surface area contributed by atoms with Crippen LogP contribution >= 0.6 is 11.3 Å². The molecule has 0 bridgehead atoms. The first-order valence-corrected chi connectivity index (χ1v) is 5.97. The zero-order chi connectivity index (χ0) is 10.9. The van der Waals surface area contributed by atoms with Crippen LogP contribution in [0.25, 0.3) is 0 Å². The first-order valence-electron chi connectivity index (χ1n) is 5.09. The van der Waals surface area contributed by atoms with Crippen LogP contribution in [0.15, 0.2) is 11.7 Å². The maximum Gasteiger partial charge on any atom is 0.303 e. The number of nitrogens with one attached hydrogen (secondary N) is 1. The third-order valence-corrected chi connectivity index (χ3v) is 2.81. The molecule has 0 aliphatic carbocycles. The molecule has 1 aromatic rings. The topological polar surface area (TPSA) is 62.2 Å². The van der Waals surface area contributed by atoms with Gasteiger partial charge in [0.05, 0.1) is 5.51 Å². The lowest BCUT2D eigenvalue weighted by atomic mass is 10.2. The quantitative estimate of drug-likeness (QED) is 0.667. The van der Waals surface area contributed by atoms with E-state index >= 15 is 0 Å². The fourth-order valence-corrected chi connectivity index (χ4v) is 1.81. The van der Waals surface area contributed by atoms with E-state index in [1.165, 1.54) is 4.88 Å². The molecule has 0 aliphatic rings. The SMILES string of the molecule is O=C(O)CCCCCNCc1cncs1. The molecule has 0 aliphatic heterocycles. The summed E-state index contributed by atoms with van der Waals surface area (Å²) >= 11 is 1.64. The molecule has 0 atom stereocenters. The number of thiazole rings is 1. The van der Waals surface area contributed by atoms with Crippen molar-refractivity contribution in [2.24, 2.45) is 0 Å². The Bertz CT molecular complexity index is 275. The van der Waals surface area contributed by atoms with Gasteiger partial charge in [-0.2, -0.15) is 0 Å². The second-order valence-corrected chi connectivity index (χ2v) is 4.32. The summed E-state index contributed by atoms with van der Waals surface area (Å²) in [4.78, 5) is 15.4. The first kappa shape index (κ1) is 12.1. The van der Waals surface area contributed by atoms with Crippen LogP contribution in [0, 0.1) is 0 Å². The van der Waals surface area contributed by atoms with Crippen LogP contribution in [-0.2, 0) is 11.3 Å². The van der Waals surface area contributed by atoms with Gasteiger partial charge in [0.2, 0.25) is 0 Å². The van der Waals surface area contributed by atoms with E-state index in [1.54, 1.807) is 11.3 Å². The molecular weight excluding hydrogens is 212 g/mol. The van der Waals surface area contributed by atoms with Crippen LogP contribution in [0.1, 0.15) is 30.6 Å². The molecule has 0 spiro atoms. The Kier molecular flexibility index (Phi) is 5.96. The van der Waals surface area contributed by atoms with Gasteiger partial charge in [0.15, 0.2) is 0 Å². The van der Waals surface area contributed by atoms with Crippen molar-refractivity contribution >= 4 is 17.3 Å². The van der Waals surface area contributed by atoms with Crippen molar-refractivity contribution in [1.82, 2.24) is 10.3 Å². The molecule has 1 rings (SSSR count). The van der Waals surface area contributed by atoms with Crippen LogP contribution in [0.5, 0.6) is 0 Å². The molecule has 1 heterocycles. The minimum atomic E-state index is -0.701. The number of carbonyl (C=O) groups is 1.